The summed E-state index contributed by atoms with van der Waals surface area (Å²) in [5.74, 6) is -0.0960. The molecule has 1 unspecified atom stereocenters. The van der Waals surface area contributed by atoms with Crippen molar-refractivity contribution in [3.05, 3.63) is 23.8 Å². The number of nitrogen functional groups attached to an aromatic ring is 1. The quantitative estimate of drug-likeness (QED) is 0.722. The predicted octanol–water partition coefficient (Wildman–Crippen LogP) is 1.76. The Labute approximate surface area is 126 Å². The van der Waals surface area contributed by atoms with Gasteiger partial charge in [-0.05, 0) is 50.8 Å². The van der Waals surface area contributed by atoms with Crippen molar-refractivity contribution in [3.63, 3.8) is 0 Å². The van der Waals surface area contributed by atoms with Crippen LogP contribution in [0.4, 0.5) is 11.4 Å². The summed E-state index contributed by atoms with van der Waals surface area (Å²) in [6, 6.07) is 5.82. The van der Waals surface area contributed by atoms with Crippen LogP contribution in [-0.4, -0.2) is 36.8 Å². The third kappa shape index (κ3) is 3.67. The molecule has 4 N–H and O–H groups in total. The van der Waals surface area contributed by atoms with Crippen molar-refractivity contribution in [1.29, 1.82) is 0 Å². The van der Waals surface area contributed by atoms with E-state index in [-0.39, 0.29) is 12.5 Å². The highest BCUT2D eigenvalue weighted by Gasteiger charge is 2.24. The molecular weight excluding hydrogens is 266 g/mol. The van der Waals surface area contributed by atoms with Crippen LogP contribution in [0.3, 0.4) is 0 Å². The lowest BCUT2D eigenvalue weighted by molar-refractivity contribution is 0.0956. The third-order valence-corrected chi connectivity index (χ3v) is 4.03. The molecule has 0 saturated carbocycles. The lowest BCUT2D eigenvalue weighted by Crippen LogP contribution is -2.40. The normalized spacial score (nSPS) is 18.6. The molecule has 0 aliphatic carbocycles. The molecule has 5 nitrogen and oxygen atoms in total. The van der Waals surface area contributed by atoms with Crippen molar-refractivity contribution in [1.82, 2.24) is 5.32 Å². The number of aliphatic hydroxyl groups is 1. The van der Waals surface area contributed by atoms with Crippen molar-refractivity contribution in [2.75, 3.05) is 30.3 Å². The van der Waals surface area contributed by atoms with Crippen LogP contribution in [0.15, 0.2) is 18.2 Å². The van der Waals surface area contributed by atoms with Crippen molar-refractivity contribution in [2.45, 2.75) is 38.6 Å². The Morgan fingerprint density at radius 2 is 2.29 bits per heavy atom. The standard InChI is InChI=1S/C16H25N3O2/c1-2-18-16(21)12-6-7-15(14(17)11-12)19-9-4-3-5-13(19)8-10-20/h6-7,11,13,20H,2-5,8-10,17H2,1H3,(H,18,21). The summed E-state index contributed by atoms with van der Waals surface area (Å²) in [4.78, 5) is 14.1. The van der Waals surface area contributed by atoms with Gasteiger partial charge < -0.3 is 21.1 Å². The zero-order valence-electron chi connectivity index (χ0n) is 12.6. The van der Waals surface area contributed by atoms with Gasteiger partial charge in [-0.25, -0.2) is 0 Å². The summed E-state index contributed by atoms with van der Waals surface area (Å²) in [6.07, 6.45) is 4.17. The summed E-state index contributed by atoms with van der Waals surface area (Å²) in [5.41, 5.74) is 8.35. The predicted molar refractivity (Wildman–Crippen MR) is 85.5 cm³/mol. The number of carbonyl (C=O) groups excluding carboxylic acids is 1. The van der Waals surface area contributed by atoms with Gasteiger partial charge in [-0.2, -0.15) is 0 Å². The molecule has 0 spiro atoms. The summed E-state index contributed by atoms with van der Waals surface area (Å²) in [5, 5.41) is 12.0. The maximum atomic E-state index is 11.8. The lowest BCUT2D eigenvalue weighted by atomic mass is 9.98. The number of amides is 1. The first-order chi connectivity index (χ1) is 10.2. The summed E-state index contributed by atoms with van der Waals surface area (Å²) < 4.78 is 0. The smallest absolute Gasteiger partial charge is 0.251 e. The SMILES string of the molecule is CCNC(=O)c1ccc(N2CCCCC2CCO)c(N)c1. The van der Waals surface area contributed by atoms with Gasteiger partial charge >= 0.3 is 0 Å². The molecule has 0 bridgehead atoms. The second kappa shape index (κ2) is 7.31. The van der Waals surface area contributed by atoms with E-state index >= 15 is 0 Å². The first-order valence-electron chi connectivity index (χ1n) is 7.72. The highest BCUT2D eigenvalue weighted by molar-refractivity contribution is 5.96. The highest BCUT2D eigenvalue weighted by Crippen LogP contribution is 2.31. The molecule has 1 aliphatic rings. The van der Waals surface area contributed by atoms with Gasteiger partial charge in [-0.3, -0.25) is 4.79 Å². The van der Waals surface area contributed by atoms with E-state index in [1.54, 1.807) is 6.07 Å². The lowest BCUT2D eigenvalue weighted by Gasteiger charge is -2.38. The van der Waals surface area contributed by atoms with Crippen LogP contribution < -0.4 is 16.0 Å². The second-order valence-corrected chi connectivity index (χ2v) is 5.49. The zero-order valence-corrected chi connectivity index (χ0v) is 12.6. The molecule has 5 heteroatoms. The summed E-state index contributed by atoms with van der Waals surface area (Å²) in [7, 11) is 0. The molecule has 1 heterocycles. The Balaban J connectivity index is 2.20. The molecule has 1 aromatic rings. The van der Waals surface area contributed by atoms with Gasteiger partial charge in [0.25, 0.3) is 5.91 Å². The van der Waals surface area contributed by atoms with Gasteiger partial charge in [0.2, 0.25) is 0 Å². The molecule has 1 aromatic carbocycles. The zero-order chi connectivity index (χ0) is 15.2. The van der Waals surface area contributed by atoms with Gasteiger partial charge in [0.05, 0.1) is 11.4 Å². The number of nitrogens with two attached hydrogens (primary N) is 1. The number of piperidine rings is 1. The van der Waals surface area contributed by atoms with Crippen molar-refractivity contribution in [2.24, 2.45) is 0 Å². The van der Waals surface area contributed by atoms with Crippen LogP contribution in [0.25, 0.3) is 0 Å². The molecule has 1 aliphatic heterocycles. The number of nitrogens with one attached hydrogen (secondary N) is 1. The average molecular weight is 291 g/mol. The second-order valence-electron chi connectivity index (χ2n) is 5.49. The van der Waals surface area contributed by atoms with Gasteiger partial charge in [0.15, 0.2) is 0 Å². The van der Waals surface area contributed by atoms with E-state index in [4.69, 9.17) is 5.73 Å². The Hall–Kier alpha value is -1.75. The van der Waals surface area contributed by atoms with Crippen LogP contribution in [0, 0.1) is 0 Å². The van der Waals surface area contributed by atoms with Gasteiger partial charge in [-0.1, -0.05) is 0 Å². The van der Waals surface area contributed by atoms with Crippen molar-refractivity contribution in [3.8, 4) is 0 Å². The number of rotatable bonds is 5. The van der Waals surface area contributed by atoms with E-state index in [1.165, 1.54) is 6.42 Å². The first kappa shape index (κ1) is 15.6. The minimum absolute atomic E-state index is 0.0960. The number of benzene rings is 1. The molecule has 0 aromatic heterocycles. The number of anilines is 2. The molecule has 2 rings (SSSR count). The Morgan fingerprint density at radius 3 is 2.95 bits per heavy atom. The molecule has 1 amide bonds. The van der Waals surface area contributed by atoms with Crippen molar-refractivity contribution < 1.29 is 9.90 Å². The number of hydrogen-bond acceptors (Lipinski definition) is 4. The molecule has 21 heavy (non-hydrogen) atoms. The molecular formula is C16H25N3O2. The van der Waals surface area contributed by atoms with Gasteiger partial charge in [0.1, 0.15) is 0 Å². The fourth-order valence-electron chi connectivity index (χ4n) is 2.99. The number of carbonyl (C=O) groups is 1. The van der Waals surface area contributed by atoms with E-state index in [2.05, 4.69) is 10.2 Å². The van der Waals surface area contributed by atoms with E-state index in [1.807, 2.05) is 19.1 Å². The molecule has 1 saturated heterocycles. The van der Waals surface area contributed by atoms with E-state index in [9.17, 15) is 9.90 Å². The first-order valence-corrected chi connectivity index (χ1v) is 7.72. The molecule has 116 valence electrons. The van der Waals surface area contributed by atoms with E-state index < -0.39 is 0 Å². The highest BCUT2D eigenvalue weighted by atomic mass is 16.3. The number of aliphatic hydroxyl groups excluding tert-OH is 1. The number of nitrogens with zero attached hydrogens (tertiary/aromatic N) is 1. The monoisotopic (exact) mass is 291 g/mol. The molecule has 0 radical (unpaired) electrons. The minimum Gasteiger partial charge on any atom is -0.397 e. The van der Waals surface area contributed by atoms with Gasteiger partial charge in [0, 0.05) is 31.3 Å². The topological polar surface area (TPSA) is 78.6 Å². The number of hydrogen-bond donors (Lipinski definition) is 3. The molecule has 1 atom stereocenters. The van der Waals surface area contributed by atoms with E-state index in [0.717, 1.165) is 31.5 Å². The minimum atomic E-state index is -0.0960. The Morgan fingerprint density at radius 1 is 1.48 bits per heavy atom. The third-order valence-electron chi connectivity index (χ3n) is 4.03. The fourth-order valence-corrected chi connectivity index (χ4v) is 2.99. The average Bonchev–Trinajstić information content (AvgIpc) is 2.48. The summed E-state index contributed by atoms with van der Waals surface area (Å²) >= 11 is 0. The van der Waals surface area contributed by atoms with Crippen LogP contribution in [-0.2, 0) is 0 Å². The largest absolute Gasteiger partial charge is 0.397 e. The fraction of sp³-hybridized carbons (Fsp3) is 0.562. The van der Waals surface area contributed by atoms with Crippen LogP contribution in [0.1, 0.15) is 43.0 Å². The van der Waals surface area contributed by atoms with Crippen LogP contribution in [0.2, 0.25) is 0 Å². The Kier molecular flexibility index (Phi) is 5.44. The van der Waals surface area contributed by atoms with Crippen LogP contribution in [0.5, 0.6) is 0 Å². The maximum Gasteiger partial charge on any atom is 0.251 e. The van der Waals surface area contributed by atoms with Crippen LogP contribution >= 0.6 is 0 Å². The summed E-state index contributed by atoms with van der Waals surface area (Å²) in [6.45, 7) is 3.64. The van der Waals surface area contributed by atoms with E-state index in [0.29, 0.717) is 23.8 Å². The Bertz CT molecular complexity index is 488. The molecule has 1 fully saturated rings. The maximum absolute atomic E-state index is 11.8. The van der Waals surface area contributed by atoms with Crippen molar-refractivity contribution >= 4 is 17.3 Å². The van der Waals surface area contributed by atoms with Gasteiger partial charge in [-0.15, -0.1) is 0 Å².